The van der Waals surface area contributed by atoms with Gasteiger partial charge in [-0.05, 0) is 31.4 Å². The van der Waals surface area contributed by atoms with E-state index >= 15 is 0 Å². The lowest BCUT2D eigenvalue weighted by Gasteiger charge is -2.23. The van der Waals surface area contributed by atoms with E-state index in [9.17, 15) is 0 Å². The Labute approximate surface area is 129 Å². The Morgan fingerprint density at radius 2 is 2.00 bits per heavy atom. The SMILES string of the molecule is CCCCOc1cccc(NCCNC2CCCCC2)c1. The van der Waals surface area contributed by atoms with Gasteiger partial charge in [-0.3, -0.25) is 0 Å². The molecule has 0 saturated heterocycles. The normalized spacial score (nSPS) is 15.9. The molecule has 0 heterocycles. The molecule has 0 spiro atoms. The van der Waals surface area contributed by atoms with Crippen molar-refractivity contribution in [2.75, 3.05) is 25.0 Å². The molecule has 0 atom stereocenters. The first kappa shape index (κ1) is 16.2. The third-order valence-corrected chi connectivity index (χ3v) is 4.09. The van der Waals surface area contributed by atoms with Crippen LogP contribution >= 0.6 is 0 Å². The Morgan fingerprint density at radius 1 is 1.14 bits per heavy atom. The number of benzene rings is 1. The minimum Gasteiger partial charge on any atom is -0.494 e. The monoisotopic (exact) mass is 290 g/mol. The molecule has 0 amide bonds. The molecule has 0 radical (unpaired) electrons. The average molecular weight is 290 g/mol. The molecule has 3 nitrogen and oxygen atoms in total. The molecule has 0 bridgehead atoms. The van der Waals surface area contributed by atoms with Gasteiger partial charge in [0.1, 0.15) is 5.75 Å². The van der Waals surface area contributed by atoms with E-state index in [2.05, 4.69) is 35.8 Å². The summed E-state index contributed by atoms with van der Waals surface area (Å²) < 4.78 is 5.73. The molecule has 1 saturated carbocycles. The van der Waals surface area contributed by atoms with Gasteiger partial charge in [0.25, 0.3) is 0 Å². The third-order valence-electron chi connectivity index (χ3n) is 4.09. The Morgan fingerprint density at radius 3 is 2.81 bits per heavy atom. The zero-order chi connectivity index (χ0) is 14.8. The van der Waals surface area contributed by atoms with Gasteiger partial charge in [-0.2, -0.15) is 0 Å². The Balaban J connectivity index is 1.64. The van der Waals surface area contributed by atoms with Gasteiger partial charge in [-0.25, -0.2) is 0 Å². The van der Waals surface area contributed by atoms with Gasteiger partial charge in [0, 0.05) is 30.9 Å². The largest absolute Gasteiger partial charge is 0.494 e. The lowest BCUT2D eigenvalue weighted by atomic mass is 9.95. The lowest BCUT2D eigenvalue weighted by molar-refractivity contribution is 0.309. The van der Waals surface area contributed by atoms with Gasteiger partial charge in [-0.15, -0.1) is 0 Å². The molecule has 118 valence electrons. The van der Waals surface area contributed by atoms with Crippen LogP contribution in [0.1, 0.15) is 51.9 Å². The minimum absolute atomic E-state index is 0.740. The van der Waals surface area contributed by atoms with Gasteiger partial charge >= 0.3 is 0 Å². The number of anilines is 1. The van der Waals surface area contributed by atoms with Crippen LogP contribution in [0.4, 0.5) is 5.69 Å². The maximum Gasteiger partial charge on any atom is 0.121 e. The molecule has 1 fully saturated rings. The smallest absolute Gasteiger partial charge is 0.121 e. The second kappa shape index (κ2) is 9.67. The van der Waals surface area contributed by atoms with E-state index in [1.54, 1.807) is 0 Å². The molecule has 1 aromatic rings. The molecule has 0 unspecified atom stereocenters. The van der Waals surface area contributed by atoms with Gasteiger partial charge in [0.15, 0.2) is 0 Å². The number of rotatable bonds is 9. The molecular weight excluding hydrogens is 260 g/mol. The van der Waals surface area contributed by atoms with Crippen molar-refractivity contribution in [2.45, 2.75) is 57.9 Å². The number of ether oxygens (including phenoxy) is 1. The molecule has 2 N–H and O–H groups in total. The van der Waals surface area contributed by atoms with Crippen molar-refractivity contribution in [3.8, 4) is 5.75 Å². The van der Waals surface area contributed by atoms with Gasteiger partial charge in [-0.1, -0.05) is 38.7 Å². The van der Waals surface area contributed by atoms with Gasteiger partial charge < -0.3 is 15.4 Å². The van der Waals surface area contributed by atoms with Crippen molar-refractivity contribution in [3.05, 3.63) is 24.3 Å². The summed E-state index contributed by atoms with van der Waals surface area (Å²) in [4.78, 5) is 0. The van der Waals surface area contributed by atoms with Crippen LogP contribution in [0.3, 0.4) is 0 Å². The second-order valence-electron chi connectivity index (χ2n) is 5.95. The lowest BCUT2D eigenvalue weighted by Crippen LogP contribution is -2.34. The van der Waals surface area contributed by atoms with Crippen LogP contribution in [-0.4, -0.2) is 25.7 Å². The Kier molecular flexibility index (Phi) is 7.44. The summed E-state index contributed by atoms with van der Waals surface area (Å²) in [5.41, 5.74) is 1.15. The fraction of sp³-hybridized carbons (Fsp3) is 0.667. The molecule has 21 heavy (non-hydrogen) atoms. The summed E-state index contributed by atoms with van der Waals surface area (Å²) in [7, 11) is 0. The number of hydrogen-bond acceptors (Lipinski definition) is 3. The van der Waals surface area contributed by atoms with Crippen molar-refractivity contribution >= 4 is 5.69 Å². The zero-order valence-corrected chi connectivity index (χ0v) is 13.4. The molecular formula is C18H30N2O. The maximum absolute atomic E-state index is 5.73. The highest BCUT2D eigenvalue weighted by molar-refractivity contribution is 5.48. The Hall–Kier alpha value is -1.22. The molecule has 0 aromatic heterocycles. The van der Waals surface area contributed by atoms with E-state index < -0.39 is 0 Å². The topological polar surface area (TPSA) is 33.3 Å². The van der Waals surface area contributed by atoms with Crippen molar-refractivity contribution < 1.29 is 4.74 Å². The molecule has 1 aromatic carbocycles. The second-order valence-corrected chi connectivity index (χ2v) is 5.95. The maximum atomic E-state index is 5.73. The van der Waals surface area contributed by atoms with Crippen molar-refractivity contribution in [1.29, 1.82) is 0 Å². The summed E-state index contributed by atoms with van der Waals surface area (Å²) in [6.07, 6.45) is 9.18. The highest BCUT2D eigenvalue weighted by Gasteiger charge is 2.11. The van der Waals surface area contributed by atoms with Crippen LogP contribution in [0.5, 0.6) is 5.75 Å². The van der Waals surface area contributed by atoms with Gasteiger partial charge in [0.05, 0.1) is 6.61 Å². The van der Waals surface area contributed by atoms with E-state index in [1.165, 1.54) is 38.5 Å². The van der Waals surface area contributed by atoms with Crippen molar-refractivity contribution in [1.82, 2.24) is 5.32 Å². The minimum atomic E-state index is 0.740. The molecule has 0 aliphatic heterocycles. The van der Waals surface area contributed by atoms with E-state index in [4.69, 9.17) is 4.74 Å². The third kappa shape index (κ3) is 6.38. The number of nitrogens with one attached hydrogen (secondary N) is 2. The van der Waals surface area contributed by atoms with E-state index in [-0.39, 0.29) is 0 Å². The van der Waals surface area contributed by atoms with Crippen LogP contribution in [0.15, 0.2) is 24.3 Å². The summed E-state index contributed by atoms with van der Waals surface area (Å²) in [5, 5.41) is 7.13. The fourth-order valence-corrected chi connectivity index (χ4v) is 2.82. The van der Waals surface area contributed by atoms with Crippen LogP contribution in [0.25, 0.3) is 0 Å². The molecule has 1 aliphatic carbocycles. The van der Waals surface area contributed by atoms with Crippen LogP contribution in [0, 0.1) is 0 Å². The van der Waals surface area contributed by atoms with Gasteiger partial charge in [0.2, 0.25) is 0 Å². The average Bonchev–Trinajstić information content (AvgIpc) is 2.53. The number of hydrogen-bond donors (Lipinski definition) is 2. The summed E-state index contributed by atoms with van der Waals surface area (Å²) in [5.74, 6) is 0.966. The predicted octanol–water partition coefficient (Wildman–Crippen LogP) is 4.20. The first-order chi connectivity index (χ1) is 10.4. The summed E-state index contributed by atoms with van der Waals surface area (Å²) in [6.45, 7) is 4.99. The first-order valence-electron chi connectivity index (χ1n) is 8.58. The van der Waals surface area contributed by atoms with Crippen LogP contribution < -0.4 is 15.4 Å². The van der Waals surface area contributed by atoms with Crippen molar-refractivity contribution in [3.63, 3.8) is 0 Å². The standard InChI is InChI=1S/C18H30N2O/c1-2-3-14-21-18-11-7-10-17(15-18)20-13-12-19-16-8-5-4-6-9-16/h7,10-11,15-16,19-20H,2-6,8-9,12-14H2,1H3. The number of unbranched alkanes of at least 4 members (excludes halogenated alkanes) is 1. The highest BCUT2D eigenvalue weighted by atomic mass is 16.5. The summed E-state index contributed by atoms with van der Waals surface area (Å²) in [6, 6.07) is 9.02. The van der Waals surface area contributed by atoms with Crippen LogP contribution in [0.2, 0.25) is 0 Å². The molecule has 2 rings (SSSR count). The molecule has 3 heteroatoms. The quantitative estimate of drug-likeness (QED) is 0.669. The van der Waals surface area contributed by atoms with E-state index in [1.807, 2.05) is 6.07 Å². The van der Waals surface area contributed by atoms with E-state index in [0.717, 1.165) is 43.6 Å². The first-order valence-corrected chi connectivity index (χ1v) is 8.58. The summed E-state index contributed by atoms with van der Waals surface area (Å²) >= 11 is 0. The molecule has 1 aliphatic rings. The zero-order valence-electron chi connectivity index (χ0n) is 13.4. The van der Waals surface area contributed by atoms with Crippen LogP contribution in [-0.2, 0) is 0 Å². The Bertz CT molecular complexity index is 389. The highest BCUT2D eigenvalue weighted by Crippen LogP contribution is 2.18. The predicted molar refractivity (Wildman–Crippen MR) is 90.2 cm³/mol. The van der Waals surface area contributed by atoms with E-state index in [0.29, 0.717) is 0 Å². The fourth-order valence-electron chi connectivity index (χ4n) is 2.82. The van der Waals surface area contributed by atoms with Crippen molar-refractivity contribution in [2.24, 2.45) is 0 Å².